The molecule has 1 rings (SSSR count). The van der Waals surface area contributed by atoms with Gasteiger partial charge < -0.3 is 4.90 Å². The first-order valence-electron chi connectivity index (χ1n) is 4.54. The average Bonchev–Trinajstić information content (AvgIpc) is 2.10. The molecule has 0 bridgehead atoms. The molecule has 0 amide bonds. The van der Waals surface area contributed by atoms with Gasteiger partial charge in [-0.1, -0.05) is 27.7 Å². The van der Waals surface area contributed by atoms with Crippen molar-refractivity contribution in [2.75, 3.05) is 20.1 Å². The van der Waals surface area contributed by atoms with Crippen LogP contribution in [0.3, 0.4) is 0 Å². The number of rotatable bonds is 0. The normalized spacial score (nSPS) is 34.6. The molecule has 0 radical (unpaired) electrons. The van der Waals surface area contributed by atoms with Gasteiger partial charge in [0.05, 0.1) is 0 Å². The highest BCUT2D eigenvalue weighted by atomic mass is 15.1. The summed E-state index contributed by atoms with van der Waals surface area (Å²) in [4.78, 5) is 2.44. The molecule has 0 aromatic rings. The van der Waals surface area contributed by atoms with E-state index in [4.69, 9.17) is 0 Å². The van der Waals surface area contributed by atoms with Crippen molar-refractivity contribution < 1.29 is 0 Å². The van der Waals surface area contributed by atoms with E-state index in [9.17, 15) is 0 Å². The molecule has 66 valence electrons. The summed E-state index contributed by atoms with van der Waals surface area (Å²) in [6, 6.07) is 0. The molecule has 1 nitrogen and oxygen atoms in total. The van der Waals surface area contributed by atoms with Crippen LogP contribution in [0.1, 0.15) is 34.1 Å². The van der Waals surface area contributed by atoms with Crippen LogP contribution in [-0.4, -0.2) is 25.0 Å². The van der Waals surface area contributed by atoms with Crippen molar-refractivity contribution in [2.24, 2.45) is 10.8 Å². The van der Waals surface area contributed by atoms with Crippen LogP contribution >= 0.6 is 0 Å². The van der Waals surface area contributed by atoms with Gasteiger partial charge in [-0.05, 0) is 30.8 Å². The Morgan fingerprint density at radius 3 is 2.00 bits per heavy atom. The van der Waals surface area contributed by atoms with E-state index in [-0.39, 0.29) is 0 Å². The molecule has 1 unspecified atom stereocenters. The Labute approximate surface area is 70.8 Å². The van der Waals surface area contributed by atoms with Crippen LogP contribution in [0.4, 0.5) is 0 Å². The van der Waals surface area contributed by atoms with Crippen LogP contribution in [0, 0.1) is 10.8 Å². The highest BCUT2D eigenvalue weighted by molar-refractivity contribution is 4.93. The number of likely N-dealkylation sites (tertiary alicyclic amines) is 1. The highest BCUT2D eigenvalue weighted by Crippen LogP contribution is 2.44. The molecule has 1 saturated heterocycles. The monoisotopic (exact) mass is 155 g/mol. The van der Waals surface area contributed by atoms with Crippen LogP contribution in [-0.2, 0) is 0 Å². The minimum Gasteiger partial charge on any atom is -0.306 e. The number of nitrogens with zero attached hydrogens (tertiary/aromatic N) is 1. The lowest BCUT2D eigenvalue weighted by atomic mass is 9.67. The van der Waals surface area contributed by atoms with Crippen LogP contribution in [0.5, 0.6) is 0 Å². The minimum atomic E-state index is 0.456. The molecule has 1 aliphatic rings. The largest absolute Gasteiger partial charge is 0.306 e. The Balaban J connectivity index is 2.69. The highest BCUT2D eigenvalue weighted by Gasteiger charge is 2.41. The Morgan fingerprint density at radius 1 is 1.27 bits per heavy atom. The lowest BCUT2D eigenvalue weighted by Crippen LogP contribution is -2.34. The fraction of sp³-hybridized carbons (Fsp3) is 1.00. The van der Waals surface area contributed by atoms with Gasteiger partial charge in [-0.2, -0.15) is 0 Å². The van der Waals surface area contributed by atoms with E-state index in [2.05, 4.69) is 39.6 Å². The molecule has 1 aliphatic heterocycles. The van der Waals surface area contributed by atoms with Gasteiger partial charge in [0, 0.05) is 6.54 Å². The van der Waals surface area contributed by atoms with E-state index in [1.807, 2.05) is 0 Å². The van der Waals surface area contributed by atoms with E-state index in [1.54, 1.807) is 0 Å². The van der Waals surface area contributed by atoms with E-state index < -0.39 is 0 Å². The van der Waals surface area contributed by atoms with E-state index in [0.717, 1.165) is 0 Å². The second kappa shape index (κ2) is 2.48. The van der Waals surface area contributed by atoms with Crippen molar-refractivity contribution in [3.63, 3.8) is 0 Å². The molecule has 1 heterocycles. The SMILES string of the molecule is CN1CCC(C)(C(C)(C)C)C1. The quantitative estimate of drug-likeness (QED) is 0.519. The lowest BCUT2D eigenvalue weighted by molar-refractivity contribution is 0.120. The molecule has 0 spiro atoms. The van der Waals surface area contributed by atoms with E-state index in [0.29, 0.717) is 10.8 Å². The zero-order valence-corrected chi connectivity index (χ0v) is 8.57. The number of hydrogen-bond donors (Lipinski definition) is 0. The third-order valence-electron chi connectivity index (χ3n) is 3.47. The zero-order chi connectivity index (χ0) is 8.70. The smallest absolute Gasteiger partial charge is 0.00378 e. The summed E-state index contributed by atoms with van der Waals surface area (Å²) < 4.78 is 0. The summed E-state index contributed by atoms with van der Waals surface area (Å²) in [6.07, 6.45) is 1.35. The minimum absolute atomic E-state index is 0.456. The second-order valence-electron chi connectivity index (χ2n) is 5.30. The maximum Gasteiger partial charge on any atom is 0.00378 e. The van der Waals surface area contributed by atoms with Crippen LogP contribution in [0.2, 0.25) is 0 Å². The first kappa shape index (κ1) is 9.05. The molecule has 0 aromatic heterocycles. The molecular weight excluding hydrogens is 134 g/mol. The van der Waals surface area contributed by atoms with Gasteiger partial charge in [-0.15, -0.1) is 0 Å². The molecular formula is C10H21N. The maximum absolute atomic E-state index is 2.44. The van der Waals surface area contributed by atoms with Gasteiger partial charge in [-0.3, -0.25) is 0 Å². The van der Waals surface area contributed by atoms with Gasteiger partial charge in [0.2, 0.25) is 0 Å². The predicted octanol–water partition coefficient (Wildman–Crippen LogP) is 2.37. The average molecular weight is 155 g/mol. The van der Waals surface area contributed by atoms with Crippen molar-refractivity contribution in [1.29, 1.82) is 0 Å². The second-order valence-corrected chi connectivity index (χ2v) is 5.30. The first-order chi connectivity index (χ1) is 4.85. The molecule has 0 N–H and O–H groups in total. The summed E-state index contributed by atoms with van der Waals surface area (Å²) in [5, 5.41) is 0. The van der Waals surface area contributed by atoms with Crippen LogP contribution in [0.15, 0.2) is 0 Å². The Morgan fingerprint density at radius 2 is 1.82 bits per heavy atom. The fourth-order valence-electron chi connectivity index (χ4n) is 1.80. The molecule has 0 aliphatic carbocycles. The van der Waals surface area contributed by atoms with Crippen LogP contribution in [0.25, 0.3) is 0 Å². The molecule has 11 heavy (non-hydrogen) atoms. The van der Waals surface area contributed by atoms with Gasteiger partial charge >= 0.3 is 0 Å². The number of hydrogen-bond acceptors (Lipinski definition) is 1. The molecule has 1 atom stereocenters. The third-order valence-corrected chi connectivity index (χ3v) is 3.47. The summed E-state index contributed by atoms with van der Waals surface area (Å²) in [5.74, 6) is 0. The van der Waals surface area contributed by atoms with Crippen molar-refractivity contribution >= 4 is 0 Å². The van der Waals surface area contributed by atoms with Gasteiger partial charge in [0.25, 0.3) is 0 Å². The summed E-state index contributed by atoms with van der Waals surface area (Å²) in [7, 11) is 2.22. The van der Waals surface area contributed by atoms with Gasteiger partial charge in [0.15, 0.2) is 0 Å². The standard InChI is InChI=1S/C10H21N/c1-9(2,3)10(4)6-7-11(5)8-10/h6-8H2,1-5H3. The molecule has 1 fully saturated rings. The lowest BCUT2D eigenvalue weighted by Gasteiger charge is -2.38. The topological polar surface area (TPSA) is 3.24 Å². The van der Waals surface area contributed by atoms with Crippen LogP contribution < -0.4 is 0 Å². The first-order valence-corrected chi connectivity index (χ1v) is 4.54. The summed E-state index contributed by atoms with van der Waals surface area (Å²) in [5.41, 5.74) is 0.986. The predicted molar refractivity (Wildman–Crippen MR) is 49.7 cm³/mol. The third kappa shape index (κ3) is 1.58. The Bertz CT molecular complexity index is 145. The Hall–Kier alpha value is -0.0400. The molecule has 1 heteroatoms. The van der Waals surface area contributed by atoms with Gasteiger partial charge in [0.1, 0.15) is 0 Å². The van der Waals surface area contributed by atoms with Crippen molar-refractivity contribution in [3.8, 4) is 0 Å². The Kier molecular flexibility index (Phi) is 2.04. The van der Waals surface area contributed by atoms with Crippen molar-refractivity contribution in [3.05, 3.63) is 0 Å². The maximum atomic E-state index is 2.44. The van der Waals surface area contributed by atoms with Gasteiger partial charge in [-0.25, -0.2) is 0 Å². The zero-order valence-electron chi connectivity index (χ0n) is 8.57. The molecule has 0 saturated carbocycles. The van der Waals surface area contributed by atoms with Crippen molar-refractivity contribution in [2.45, 2.75) is 34.1 Å². The van der Waals surface area contributed by atoms with E-state index in [1.165, 1.54) is 19.5 Å². The molecule has 0 aromatic carbocycles. The van der Waals surface area contributed by atoms with Crippen molar-refractivity contribution in [1.82, 2.24) is 4.90 Å². The summed E-state index contributed by atoms with van der Waals surface area (Å²) in [6.45, 7) is 12.0. The summed E-state index contributed by atoms with van der Waals surface area (Å²) >= 11 is 0. The fourth-order valence-corrected chi connectivity index (χ4v) is 1.80. The van der Waals surface area contributed by atoms with E-state index >= 15 is 0 Å².